The predicted molar refractivity (Wildman–Crippen MR) is 99.2 cm³/mol. The van der Waals surface area contributed by atoms with Crippen LogP contribution in [0.15, 0.2) is 60.8 Å². The maximum Gasteiger partial charge on any atom is 0.189 e. The third-order valence-electron chi connectivity index (χ3n) is 3.94. The fraction of sp³-hybridized carbons (Fsp3) is 0.143. The van der Waals surface area contributed by atoms with Crippen molar-refractivity contribution in [1.29, 1.82) is 0 Å². The first-order valence-corrected chi connectivity index (χ1v) is 8.34. The summed E-state index contributed by atoms with van der Waals surface area (Å²) in [4.78, 5) is 12.5. The Bertz CT molecular complexity index is 943. The fourth-order valence-corrected chi connectivity index (χ4v) is 2.63. The van der Waals surface area contributed by atoms with E-state index >= 15 is 0 Å². The van der Waals surface area contributed by atoms with Crippen LogP contribution in [-0.2, 0) is 0 Å². The first-order valence-electron chi connectivity index (χ1n) is 8.34. The van der Waals surface area contributed by atoms with Gasteiger partial charge in [-0.1, -0.05) is 18.2 Å². The first kappa shape index (κ1) is 17.6. The standard InChI is InChI=1S/C21H19FN2O2/c1-3-26-19-6-4-5-16(13-19)7-12-21(25)20-14-23-24(15(20)2)18-10-8-17(22)9-11-18/h4-14H,3H2,1-2H3. The molecule has 0 amide bonds. The molecule has 0 N–H and O–H groups in total. The predicted octanol–water partition coefficient (Wildman–Crippen LogP) is 4.61. The van der Waals surface area contributed by atoms with Crippen LogP contribution in [-0.4, -0.2) is 22.2 Å². The summed E-state index contributed by atoms with van der Waals surface area (Å²) < 4.78 is 20.2. The van der Waals surface area contributed by atoms with Crippen LogP contribution in [0.4, 0.5) is 4.39 Å². The molecule has 0 bridgehead atoms. The number of ether oxygens (including phenoxy) is 1. The van der Waals surface area contributed by atoms with E-state index in [0.29, 0.717) is 23.6 Å². The highest BCUT2D eigenvalue weighted by atomic mass is 19.1. The number of nitrogens with zero attached hydrogens (tertiary/aromatic N) is 2. The van der Waals surface area contributed by atoms with Gasteiger partial charge in [0.25, 0.3) is 0 Å². The van der Waals surface area contributed by atoms with E-state index in [2.05, 4.69) is 5.10 Å². The van der Waals surface area contributed by atoms with Gasteiger partial charge in [0, 0.05) is 0 Å². The van der Waals surface area contributed by atoms with E-state index in [1.165, 1.54) is 24.4 Å². The van der Waals surface area contributed by atoms with E-state index in [-0.39, 0.29) is 11.6 Å². The lowest BCUT2D eigenvalue weighted by Gasteiger charge is -2.04. The molecule has 0 fully saturated rings. The molecule has 26 heavy (non-hydrogen) atoms. The van der Waals surface area contributed by atoms with Gasteiger partial charge in [0.1, 0.15) is 11.6 Å². The van der Waals surface area contributed by atoms with Crippen molar-refractivity contribution in [2.75, 3.05) is 6.61 Å². The van der Waals surface area contributed by atoms with Crippen molar-refractivity contribution >= 4 is 11.9 Å². The number of rotatable bonds is 6. The van der Waals surface area contributed by atoms with Gasteiger partial charge < -0.3 is 4.74 Å². The highest BCUT2D eigenvalue weighted by molar-refractivity contribution is 6.07. The monoisotopic (exact) mass is 350 g/mol. The number of ketones is 1. The average molecular weight is 350 g/mol. The normalized spacial score (nSPS) is 11.0. The summed E-state index contributed by atoms with van der Waals surface area (Å²) in [6.45, 7) is 4.33. The zero-order valence-corrected chi connectivity index (χ0v) is 14.6. The summed E-state index contributed by atoms with van der Waals surface area (Å²) >= 11 is 0. The highest BCUT2D eigenvalue weighted by Gasteiger charge is 2.13. The zero-order valence-electron chi connectivity index (χ0n) is 14.6. The van der Waals surface area contributed by atoms with Crippen LogP contribution in [0, 0.1) is 12.7 Å². The minimum absolute atomic E-state index is 0.141. The van der Waals surface area contributed by atoms with Crippen molar-refractivity contribution in [3.8, 4) is 11.4 Å². The first-order chi connectivity index (χ1) is 12.6. The molecule has 0 aliphatic heterocycles. The number of carbonyl (C=O) groups excluding carboxylic acids is 1. The van der Waals surface area contributed by atoms with Crippen LogP contribution in [0.1, 0.15) is 28.5 Å². The molecule has 132 valence electrons. The Morgan fingerprint density at radius 3 is 2.73 bits per heavy atom. The molecule has 1 aromatic heterocycles. The van der Waals surface area contributed by atoms with Crippen molar-refractivity contribution in [1.82, 2.24) is 9.78 Å². The minimum Gasteiger partial charge on any atom is -0.494 e. The Morgan fingerprint density at radius 2 is 2.00 bits per heavy atom. The summed E-state index contributed by atoms with van der Waals surface area (Å²) in [5.74, 6) is 0.312. The maximum absolute atomic E-state index is 13.1. The largest absolute Gasteiger partial charge is 0.494 e. The average Bonchev–Trinajstić information content (AvgIpc) is 3.03. The molecule has 0 spiro atoms. The van der Waals surface area contributed by atoms with Crippen molar-refractivity contribution in [3.05, 3.63) is 83.4 Å². The lowest BCUT2D eigenvalue weighted by Crippen LogP contribution is -2.01. The van der Waals surface area contributed by atoms with Crippen molar-refractivity contribution in [2.24, 2.45) is 0 Å². The molecule has 0 saturated heterocycles. The second-order valence-electron chi connectivity index (χ2n) is 5.73. The summed E-state index contributed by atoms with van der Waals surface area (Å²) in [5, 5.41) is 4.25. The number of halogens is 1. The Labute approximate surface area is 151 Å². The number of carbonyl (C=O) groups is 1. The molecule has 3 aromatic rings. The number of aromatic nitrogens is 2. The SMILES string of the molecule is CCOc1cccc(C=CC(=O)c2cnn(-c3ccc(F)cc3)c2C)c1. The second-order valence-corrected chi connectivity index (χ2v) is 5.73. The van der Waals surface area contributed by atoms with Crippen LogP contribution in [0.5, 0.6) is 5.75 Å². The molecule has 0 aliphatic rings. The Morgan fingerprint density at radius 1 is 1.23 bits per heavy atom. The lowest BCUT2D eigenvalue weighted by molar-refractivity contribution is 0.104. The molecule has 0 radical (unpaired) electrons. The van der Waals surface area contributed by atoms with E-state index in [0.717, 1.165) is 11.3 Å². The quantitative estimate of drug-likeness (QED) is 0.481. The Kier molecular flexibility index (Phi) is 5.27. The lowest BCUT2D eigenvalue weighted by atomic mass is 10.1. The molecule has 4 nitrogen and oxygen atoms in total. The smallest absolute Gasteiger partial charge is 0.189 e. The highest BCUT2D eigenvalue weighted by Crippen LogP contribution is 2.17. The van der Waals surface area contributed by atoms with Gasteiger partial charge >= 0.3 is 0 Å². The van der Waals surface area contributed by atoms with Gasteiger partial charge in [0.05, 0.1) is 29.7 Å². The molecule has 0 atom stereocenters. The molecule has 0 unspecified atom stereocenters. The van der Waals surface area contributed by atoms with Gasteiger partial charge in [-0.2, -0.15) is 5.10 Å². The van der Waals surface area contributed by atoms with E-state index in [9.17, 15) is 9.18 Å². The summed E-state index contributed by atoms with van der Waals surface area (Å²) in [7, 11) is 0. The van der Waals surface area contributed by atoms with E-state index in [1.54, 1.807) is 22.9 Å². The fourth-order valence-electron chi connectivity index (χ4n) is 2.63. The second kappa shape index (κ2) is 7.78. The Hall–Kier alpha value is -3.21. The van der Waals surface area contributed by atoms with Crippen LogP contribution in [0.3, 0.4) is 0 Å². The molecule has 2 aromatic carbocycles. The minimum atomic E-state index is -0.313. The number of benzene rings is 2. The van der Waals surface area contributed by atoms with E-state index in [4.69, 9.17) is 4.74 Å². The zero-order chi connectivity index (χ0) is 18.5. The number of hydrogen-bond acceptors (Lipinski definition) is 3. The van der Waals surface area contributed by atoms with Crippen molar-refractivity contribution in [3.63, 3.8) is 0 Å². The maximum atomic E-state index is 13.1. The van der Waals surface area contributed by atoms with Gasteiger partial charge in [-0.15, -0.1) is 0 Å². The molecule has 3 rings (SSSR count). The van der Waals surface area contributed by atoms with Crippen LogP contribution in [0.2, 0.25) is 0 Å². The number of hydrogen-bond donors (Lipinski definition) is 0. The Balaban J connectivity index is 1.80. The van der Waals surface area contributed by atoms with E-state index < -0.39 is 0 Å². The summed E-state index contributed by atoms with van der Waals surface area (Å²) in [5.41, 5.74) is 2.80. The van der Waals surface area contributed by atoms with Gasteiger partial charge in [-0.05, 0) is 61.9 Å². The number of allylic oxidation sites excluding steroid dienone is 1. The van der Waals surface area contributed by atoms with Gasteiger partial charge in [-0.25, -0.2) is 9.07 Å². The third-order valence-corrected chi connectivity index (χ3v) is 3.94. The van der Waals surface area contributed by atoms with Gasteiger partial charge in [0.2, 0.25) is 0 Å². The van der Waals surface area contributed by atoms with Gasteiger partial charge in [0.15, 0.2) is 5.78 Å². The molecular formula is C21H19FN2O2. The van der Waals surface area contributed by atoms with Crippen LogP contribution < -0.4 is 4.74 Å². The summed E-state index contributed by atoms with van der Waals surface area (Å²) in [6, 6.07) is 13.5. The third kappa shape index (κ3) is 3.88. The molecular weight excluding hydrogens is 331 g/mol. The van der Waals surface area contributed by atoms with Crippen molar-refractivity contribution in [2.45, 2.75) is 13.8 Å². The van der Waals surface area contributed by atoms with Crippen LogP contribution >= 0.6 is 0 Å². The van der Waals surface area contributed by atoms with Gasteiger partial charge in [-0.3, -0.25) is 4.79 Å². The van der Waals surface area contributed by atoms with Crippen molar-refractivity contribution < 1.29 is 13.9 Å². The molecule has 0 aliphatic carbocycles. The summed E-state index contributed by atoms with van der Waals surface area (Å²) in [6.07, 6.45) is 4.80. The molecule has 5 heteroatoms. The van der Waals surface area contributed by atoms with Crippen LogP contribution in [0.25, 0.3) is 11.8 Å². The van der Waals surface area contributed by atoms with E-state index in [1.807, 2.05) is 38.1 Å². The molecule has 0 saturated carbocycles. The topological polar surface area (TPSA) is 44.1 Å². The molecule has 1 heterocycles.